The van der Waals surface area contributed by atoms with Crippen molar-refractivity contribution in [3.63, 3.8) is 0 Å². The van der Waals surface area contributed by atoms with E-state index in [4.69, 9.17) is 9.47 Å². The number of ether oxygens (including phenoxy) is 2. The number of carbonyl (C=O) groups is 1. The molecule has 0 atom stereocenters. The molecule has 2 aliphatic rings. The van der Waals surface area contributed by atoms with E-state index >= 15 is 0 Å². The summed E-state index contributed by atoms with van der Waals surface area (Å²) in [7, 11) is -3.45. The van der Waals surface area contributed by atoms with E-state index in [0.29, 0.717) is 53.3 Å². The Morgan fingerprint density at radius 1 is 0.938 bits per heavy atom. The highest BCUT2D eigenvalue weighted by atomic mass is 32.2. The van der Waals surface area contributed by atoms with Crippen LogP contribution in [0.3, 0.4) is 0 Å². The monoisotopic (exact) mass is 470 g/mol. The molecule has 0 aliphatic carbocycles. The fraction of sp³-hybridized carbons (Fsp3) is 0.261. The highest BCUT2D eigenvalue weighted by Gasteiger charge is 2.28. The zero-order valence-electron chi connectivity index (χ0n) is 17.2. The molecule has 7 nitrogen and oxygen atoms in total. The lowest BCUT2D eigenvalue weighted by molar-refractivity contribution is 0.102. The first-order chi connectivity index (χ1) is 15.5. The number of benzene rings is 2. The highest BCUT2D eigenvalue weighted by Crippen LogP contribution is 2.35. The number of thiophene rings is 1. The number of anilines is 1. The average molecular weight is 471 g/mol. The summed E-state index contributed by atoms with van der Waals surface area (Å²) in [6.45, 7) is 2.13. The third-order valence-electron chi connectivity index (χ3n) is 5.45. The van der Waals surface area contributed by atoms with Gasteiger partial charge in [-0.2, -0.15) is 4.31 Å². The summed E-state index contributed by atoms with van der Waals surface area (Å²) in [5.41, 5.74) is 1.89. The van der Waals surface area contributed by atoms with Crippen LogP contribution in [0.2, 0.25) is 0 Å². The highest BCUT2D eigenvalue weighted by molar-refractivity contribution is 7.91. The van der Waals surface area contributed by atoms with Gasteiger partial charge in [-0.15, -0.1) is 11.3 Å². The molecule has 3 heterocycles. The van der Waals surface area contributed by atoms with Crippen molar-refractivity contribution in [2.75, 3.05) is 31.6 Å². The fourth-order valence-corrected chi connectivity index (χ4v) is 6.78. The number of hydrogen-bond acceptors (Lipinski definition) is 6. The van der Waals surface area contributed by atoms with Crippen LogP contribution in [0.5, 0.6) is 11.5 Å². The molecule has 1 saturated heterocycles. The molecule has 3 aromatic rings. The van der Waals surface area contributed by atoms with E-state index in [2.05, 4.69) is 5.32 Å². The smallest absolute Gasteiger partial charge is 0.255 e. The number of nitrogens with zero attached hydrogens (tertiary/aromatic N) is 1. The van der Waals surface area contributed by atoms with E-state index in [9.17, 15) is 13.2 Å². The summed E-state index contributed by atoms with van der Waals surface area (Å²) in [6, 6.07) is 15.9. The Hall–Kier alpha value is -2.88. The van der Waals surface area contributed by atoms with E-state index in [0.717, 1.165) is 23.3 Å². The van der Waals surface area contributed by atoms with E-state index in [-0.39, 0.29) is 5.91 Å². The molecule has 2 aliphatic heterocycles. The Bertz CT molecular complexity index is 1260. The maximum atomic E-state index is 12.8. The number of hydrogen-bond donors (Lipinski definition) is 1. The Morgan fingerprint density at radius 3 is 2.53 bits per heavy atom. The van der Waals surface area contributed by atoms with Gasteiger partial charge in [0.25, 0.3) is 15.9 Å². The second-order valence-electron chi connectivity index (χ2n) is 7.62. The molecule has 1 N–H and O–H groups in total. The van der Waals surface area contributed by atoms with Crippen LogP contribution in [0.1, 0.15) is 23.2 Å². The fourth-order valence-electron chi connectivity index (χ4n) is 3.81. The number of sulfonamides is 1. The maximum Gasteiger partial charge on any atom is 0.255 e. The summed E-state index contributed by atoms with van der Waals surface area (Å²) < 4.78 is 38.6. The lowest BCUT2D eigenvalue weighted by atomic mass is 10.1. The molecule has 0 spiro atoms. The molecule has 2 aromatic carbocycles. The minimum atomic E-state index is -3.45. The summed E-state index contributed by atoms with van der Waals surface area (Å²) in [4.78, 5) is 13.6. The normalized spacial score (nSPS) is 16.1. The van der Waals surface area contributed by atoms with Crippen LogP contribution in [-0.4, -0.2) is 44.9 Å². The van der Waals surface area contributed by atoms with Gasteiger partial charge in [0.2, 0.25) is 0 Å². The van der Waals surface area contributed by atoms with Gasteiger partial charge in [-0.25, -0.2) is 8.42 Å². The molecular formula is C23H22N2O5S2. The minimum Gasteiger partial charge on any atom is -0.486 e. The van der Waals surface area contributed by atoms with E-state index < -0.39 is 10.0 Å². The van der Waals surface area contributed by atoms with Gasteiger partial charge in [-0.05, 0) is 54.8 Å². The van der Waals surface area contributed by atoms with Crippen molar-refractivity contribution in [3.8, 4) is 21.9 Å². The Labute approximate surface area is 190 Å². The van der Waals surface area contributed by atoms with Gasteiger partial charge in [0.15, 0.2) is 11.5 Å². The third kappa shape index (κ3) is 4.11. The standard InChI is InChI=1S/C23H22N2O5S2/c26-23(24-18-6-7-19-20(15-18)30-13-12-29-19)17-5-3-4-16(14-17)21-8-9-22(31-21)32(27,28)25-10-1-2-11-25/h3-9,14-15H,1-2,10-13H2,(H,24,26). The van der Waals surface area contributed by atoms with Crippen molar-refractivity contribution in [1.29, 1.82) is 0 Å². The molecule has 1 amide bonds. The van der Waals surface area contributed by atoms with Gasteiger partial charge in [0.05, 0.1) is 0 Å². The second kappa shape index (κ2) is 8.57. The number of carbonyl (C=O) groups excluding carboxylic acids is 1. The lowest BCUT2D eigenvalue weighted by Crippen LogP contribution is -2.27. The lowest BCUT2D eigenvalue weighted by Gasteiger charge is -2.19. The first-order valence-electron chi connectivity index (χ1n) is 10.4. The summed E-state index contributed by atoms with van der Waals surface area (Å²) >= 11 is 1.23. The molecule has 1 fully saturated rings. The van der Waals surface area contributed by atoms with E-state index in [1.165, 1.54) is 11.3 Å². The van der Waals surface area contributed by atoms with Crippen molar-refractivity contribution >= 4 is 33.0 Å². The van der Waals surface area contributed by atoms with Gasteiger partial charge >= 0.3 is 0 Å². The summed E-state index contributed by atoms with van der Waals surface area (Å²) in [6.07, 6.45) is 1.80. The van der Waals surface area contributed by atoms with Gasteiger partial charge in [-0.3, -0.25) is 4.79 Å². The SMILES string of the molecule is O=C(Nc1ccc2c(c1)OCCO2)c1cccc(-c2ccc(S(=O)(=O)N3CCCC3)s2)c1. The van der Waals surface area contributed by atoms with Gasteiger partial charge in [0, 0.05) is 35.3 Å². The van der Waals surface area contributed by atoms with Crippen LogP contribution in [0, 0.1) is 0 Å². The predicted molar refractivity (Wildman–Crippen MR) is 123 cm³/mol. The number of nitrogens with one attached hydrogen (secondary N) is 1. The van der Waals surface area contributed by atoms with Crippen molar-refractivity contribution < 1.29 is 22.7 Å². The van der Waals surface area contributed by atoms with Crippen LogP contribution >= 0.6 is 11.3 Å². The molecule has 0 radical (unpaired) electrons. The molecule has 32 heavy (non-hydrogen) atoms. The Kier molecular flexibility index (Phi) is 5.62. The molecule has 166 valence electrons. The average Bonchev–Trinajstić information content (AvgIpc) is 3.52. The van der Waals surface area contributed by atoms with Crippen LogP contribution < -0.4 is 14.8 Å². The summed E-state index contributed by atoms with van der Waals surface area (Å²) in [5.74, 6) is 1.01. The van der Waals surface area contributed by atoms with Crippen molar-refractivity contribution in [1.82, 2.24) is 4.31 Å². The van der Waals surface area contributed by atoms with Crippen LogP contribution in [0.25, 0.3) is 10.4 Å². The largest absolute Gasteiger partial charge is 0.486 e. The van der Waals surface area contributed by atoms with Crippen molar-refractivity contribution in [3.05, 3.63) is 60.2 Å². The van der Waals surface area contributed by atoms with Gasteiger partial charge in [0.1, 0.15) is 17.4 Å². The van der Waals surface area contributed by atoms with Gasteiger partial charge in [-0.1, -0.05) is 12.1 Å². The zero-order chi connectivity index (χ0) is 22.1. The first kappa shape index (κ1) is 21.0. The predicted octanol–water partition coefficient (Wildman–Crippen LogP) is 4.22. The molecular weight excluding hydrogens is 448 g/mol. The molecule has 0 saturated carbocycles. The molecule has 5 rings (SSSR count). The van der Waals surface area contributed by atoms with E-state index in [1.807, 2.05) is 6.07 Å². The van der Waals surface area contributed by atoms with Crippen LogP contribution in [0.15, 0.2) is 58.8 Å². The summed E-state index contributed by atoms with van der Waals surface area (Å²) in [5, 5.41) is 2.88. The Balaban J connectivity index is 1.35. The molecule has 0 bridgehead atoms. The van der Waals surface area contributed by atoms with Crippen LogP contribution in [-0.2, 0) is 10.0 Å². The van der Waals surface area contributed by atoms with Crippen LogP contribution in [0.4, 0.5) is 5.69 Å². The van der Waals surface area contributed by atoms with Gasteiger partial charge < -0.3 is 14.8 Å². The number of fused-ring (bicyclic) bond motifs is 1. The number of amides is 1. The Morgan fingerprint density at radius 2 is 1.72 bits per heavy atom. The van der Waals surface area contributed by atoms with Crippen molar-refractivity contribution in [2.45, 2.75) is 17.1 Å². The number of rotatable bonds is 5. The third-order valence-corrected chi connectivity index (χ3v) is 8.95. The first-order valence-corrected chi connectivity index (χ1v) is 12.7. The van der Waals surface area contributed by atoms with Crippen molar-refractivity contribution in [2.24, 2.45) is 0 Å². The topological polar surface area (TPSA) is 84.9 Å². The molecule has 0 unspecified atom stereocenters. The van der Waals surface area contributed by atoms with E-state index in [1.54, 1.807) is 52.8 Å². The minimum absolute atomic E-state index is 0.259. The second-order valence-corrected chi connectivity index (χ2v) is 10.9. The zero-order valence-corrected chi connectivity index (χ0v) is 18.9. The quantitative estimate of drug-likeness (QED) is 0.603. The molecule has 9 heteroatoms. The maximum absolute atomic E-state index is 12.8. The molecule has 1 aromatic heterocycles.